The number of benzene rings is 1. The second-order valence-corrected chi connectivity index (χ2v) is 3.82. The van der Waals surface area contributed by atoms with E-state index in [4.69, 9.17) is 10.1 Å². The Morgan fingerprint density at radius 1 is 1.38 bits per heavy atom. The molecule has 0 aliphatic heterocycles. The highest BCUT2D eigenvalue weighted by atomic mass is 16.5. The molecule has 1 radical (unpaired) electrons. The summed E-state index contributed by atoms with van der Waals surface area (Å²) < 4.78 is 5.38. The zero-order chi connectivity index (χ0) is 9.90. The number of ether oxygens (including phenoxy) is 1. The smallest absolute Gasteiger partial charge is 0.214 e. The normalized spacial score (nSPS) is 11.0. The fourth-order valence-corrected chi connectivity index (χ4v) is 0.896. The van der Waals surface area contributed by atoms with Gasteiger partial charge in [-0.3, -0.25) is 5.41 Å². The van der Waals surface area contributed by atoms with Crippen LogP contribution in [-0.2, 0) is 4.74 Å². The summed E-state index contributed by atoms with van der Waals surface area (Å²) in [5, 5.41) is 7.63. The van der Waals surface area contributed by atoms with Crippen LogP contribution in [0.4, 0.5) is 0 Å². The van der Waals surface area contributed by atoms with E-state index in [-0.39, 0.29) is 11.5 Å². The van der Waals surface area contributed by atoms with Crippen LogP contribution in [0.15, 0.2) is 24.3 Å². The van der Waals surface area contributed by atoms with Gasteiger partial charge in [0.15, 0.2) is 0 Å². The summed E-state index contributed by atoms with van der Waals surface area (Å²) in [5.74, 6) is 0.174. The quantitative estimate of drug-likeness (QED) is 0.518. The fourth-order valence-electron chi connectivity index (χ4n) is 0.896. The first-order chi connectivity index (χ1) is 5.99. The maximum atomic E-state index is 7.63. The summed E-state index contributed by atoms with van der Waals surface area (Å²) in [6.07, 6.45) is 0. The van der Waals surface area contributed by atoms with E-state index in [1.54, 1.807) is 6.07 Å². The molecule has 69 valence electrons. The van der Waals surface area contributed by atoms with Gasteiger partial charge in [0.1, 0.15) is 5.60 Å². The summed E-state index contributed by atoms with van der Waals surface area (Å²) >= 11 is 0. The second-order valence-electron chi connectivity index (χ2n) is 3.82. The van der Waals surface area contributed by atoms with Gasteiger partial charge in [-0.15, -0.1) is 0 Å². The Morgan fingerprint density at radius 3 is 2.54 bits per heavy atom. The van der Waals surface area contributed by atoms with Crippen molar-refractivity contribution in [3.8, 4) is 0 Å². The summed E-state index contributed by atoms with van der Waals surface area (Å²) in [6.45, 7) is 5.76. The van der Waals surface area contributed by atoms with Crippen molar-refractivity contribution in [1.29, 1.82) is 5.41 Å². The Balaban J connectivity index is 2.71. The maximum Gasteiger partial charge on any atom is 0.214 e. The molecule has 0 aliphatic carbocycles. The minimum absolute atomic E-state index is 0.174. The van der Waals surface area contributed by atoms with Crippen LogP contribution < -0.4 is 0 Å². The lowest BCUT2D eigenvalue weighted by Gasteiger charge is -2.21. The SMILES string of the molecule is CC(C)(C)OC(=N)c1[c]cccc1. The average molecular weight is 176 g/mol. The molecule has 0 amide bonds. The number of rotatable bonds is 1. The molecule has 1 N–H and O–H groups in total. The highest BCUT2D eigenvalue weighted by Crippen LogP contribution is 2.10. The van der Waals surface area contributed by atoms with Crippen molar-refractivity contribution >= 4 is 5.90 Å². The lowest BCUT2D eigenvalue weighted by atomic mass is 10.1. The molecule has 0 aliphatic rings. The van der Waals surface area contributed by atoms with Crippen molar-refractivity contribution in [2.24, 2.45) is 0 Å². The van der Waals surface area contributed by atoms with E-state index in [0.29, 0.717) is 5.56 Å². The minimum Gasteiger partial charge on any atom is -0.472 e. The third-order valence-corrected chi connectivity index (χ3v) is 1.36. The van der Waals surface area contributed by atoms with Crippen LogP contribution in [0.25, 0.3) is 0 Å². The van der Waals surface area contributed by atoms with E-state index in [2.05, 4.69) is 6.07 Å². The highest BCUT2D eigenvalue weighted by molar-refractivity contribution is 5.91. The largest absolute Gasteiger partial charge is 0.472 e. The third-order valence-electron chi connectivity index (χ3n) is 1.36. The molecule has 0 aromatic heterocycles. The molecule has 0 bridgehead atoms. The molecule has 0 spiro atoms. The molecule has 0 heterocycles. The predicted octanol–water partition coefficient (Wildman–Crippen LogP) is 2.63. The van der Waals surface area contributed by atoms with Crippen molar-refractivity contribution in [2.75, 3.05) is 0 Å². The zero-order valence-electron chi connectivity index (χ0n) is 8.22. The first-order valence-electron chi connectivity index (χ1n) is 4.24. The van der Waals surface area contributed by atoms with E-state index < -0.39 is 0 Å². The second kappa shape index (κ2) is 3.60. The van der Waals surface area contributed by atoms with Gasteiger partial charge in [-0.25, -0.2) is 0 Å². The Kier molecular flexibility index (Phi) is 2.71. The van der Waals surface area contributed by atoms with Gasteiger partial charge >= 0.3 is 0 Å². The third kappa shape index (κ3) is 3.28. The van der Waals surface area contributed by atoms with Crippen LogP contribution in [0.2, 0.25) is 0 Å². The van der Waals surface area contributed by atoms with Gasteiger partial charge in [0.05, 0.1) is 0 Å². The molecule has 1 rings (SSSR count). The Labute approximate surface area is 79.1 Å². The Hall–Kier alpha value is -1.31. The molecule has 0 saturated carbocycles. The van der Waals surface area contributed by atoms with Gasteiger partial charge in [0.2, 0.25) is 5.90 Å². The minimum atomic E-state index is -0.319. The van der Waals surface area contributed by atoms with Gasteiger partial charge in [-0.05, 0) is 32.9 Å². The molecule has 13 heavy (non-hydrogen) atoms. The van der Waals surface area contributed by atoms with Crippen molar-refractivity contribution in [3.63, 3.8) is 0 Å². The van der Waals surface area contributed by atoms with Gasteiger partial charge < -0.3 is 4.74 Å². The van der Waals surface area contributed by atoms with E-state index in [9.17, 15) is 0 Å². The molecule has 0 unspecified atom stereocenters. The first-order valence-corrected chi connectivity index (χ1v) is 4.24. The van der Waals surface area contributed by atoms with Crippen molar-refractivity contribution in [2.45, 2.75) is 26.4 Å². The van der Waals surface area contributed by atoms with Crippen molar-refractivity contribution in [3.05, 3.63) is 35.9 Å². The maximum absolute atomic E-state index is 7.63. The van der Waals surface area contributed by atoms with Gasteiger partial charge in [0, 0.05) is 5.56 Å². The zero-order valence-corrected chi connectivity index (χ0v) is 8.22. The average Bonchev–Trinajstić information content (AvgIpc) is 2.03. The number of hydrogen-bond acceptors (Lipinski definition) is 2. The molecule has 0 fully saturated rings. The molecule has 2 nitrogen and oxygen atoms in total. The van der Waals surface area contributed by atoms with Crippen LogP contribution in [-0.4, -0.2) is 11.5 Å². The van der Waals surface area contributed by atoms with E-state index in [0.717, 1.165) is 0 Å². The Morgan fingerprint density at radius 2 is 2.08 bits per heavy atom. The van der Waals surface area contributed by atoms with E-state index in [1.165, 1.54) is 0 Å². The molecule has 1 aromatic carbocycles. The summed E-state index contributed by atoms with van der Waals surface area (Å²) in [7, 11) is 0. The molecule has 0 saturated heterocycles. The fraction of sp³-hybridized carbons (Fsp3) is 0.364. The van der Waals surface area contributed by atoms with Crippen LogP contribution in [0, 0.1) is 11.5 Å². The standard InChI is InChI=1S/C11H14NO/c1-11(2,3)13-10(12)9-7-5-4-6-8-9/h4-7,12H,1-3H3. The summed E-state index contributed by atoms with van der Waals surface area (Å²) in [6, 6.07) is 10.3. The van der Waals surface area contributed by atoms with Gasteiger partial charge in [-0.2, -0.15) is 0 Å². The monoisotopic (exact) mass is 176 g/mol. The lowest BCUT2D eigenvalue weighted by molar-refractivity contribution is 0.116. The van der Waals surface area contributed by atoms with Gasteiger partial charge in [0.25, 0.3) is 0 Å². The van der Waals surface area contributed by atoms with Crippen molar-refractivity contribution < 1.29 is 4.74 Å². The summed E-state index contributed by atoms with van der Waals surface area (Å²) in [5.41, 5.74) is 0.373. The van der Waals surface area contributed by atoms with E-state index in [1.807, 2.05) is 39.0 Å². The summed E-state index contributed by atoms with van der Waals surface area (Å²) in [4.78, 5) is 0. The first kappa shape index (κ1) is 9.78. The predicted molar refractivity (Wildman–Crippen MR) is 52.9 cm³/mol. The topological polar surface area (TPSA) is 33.1 Å². The van der Waals surface area contributed by atoms with Crippen LogP contribution in [0.1, 0.15) is 26.3 Å². The van der Waals surface area contributed by atoms with Crippen LogP contribution in [0.3, 0.4) is 0 Å². The lowest BCUT2D eigenvalue weighted by Crippen LogP contribution is -2.23. The van der Waals surface area contributed by atoms with E-state index >= 15 is 0 Å². The number of hydrogen-bond donors (Lipinski definition) is 1. The molecule has 2 heteroatoms. The molecular formula is C11H14NO. The van der Waals surface area contributed by atoms with Gasteiger partial charge in [-0.1, -0.05) is 18.2 Å². The molecule has 1 aromatic rings. The number of nitrogens with one attached hydrogen (secondary N) is 1. The Bertz CT molecular complexity index is 285. The highest BCUT2D eigenvalue weighted by Gasteiger charge is 2.14. The molecular weight excluding hydrogens is 162 g/mol. The van der Waals surface area contributed by atoms with Crippen LogP contribution >= 0.6 is 0 Å². The molecule has 0 atom stereocenters. The van der Waals surface area contributed by atoms with Crippen LogP contribution in [0.5, 0.6) is 0 Å². The van der Waals surface area contributed by atoms with Crippen molar-refractivity contribution in [1.82, 2.24) is 0 Å².